The first kappa shape index (κ1) is 19.5. The summed E-state index contributed by atoms with van der Waals surface area (Å²) < 4.78 is 10.9. The average molecular weight is 341 g/mol. The molecule has 0 spiro atoms. The molecule has 2 atom stereocenters. The molecule has 0 aromatic rings. The number of carbonyl (C=O) groups excluding carboxylic acids is 1. The molecule has 0 bridgehead atoms. The van der Waals surface area contributed by atoms with Crippen molar-refractivity contribution in [1.82, 2.24) is 10.6 Å². The maximum atomic E-state index is 12.1. The monoisotopic (exact) mass is 340 g/mol. The topological polar surface area (TPSA) is 59.6 Å². The number of hydrogen-bond donors (Lipinski definition) is 2. The van der Waals surface area contributed by atoms with Gasteiger partial charge in [-0.1, -0.05) is 19.8 Å². The number of rotatable bonds is 5. The summed E-state index contributed by atoms with van der Waals surface area (Å²) in [6.45, 7) is 11.4. The van der Waals surface area contributed by atoms with Gasteiger partial charge in [-0.25, -0.2) is 4.79 Å². The minimum Gasteiger partial charge on any atom is -0.444 e. The largest absolute Gasteiger partial charge is 0.444 e. The minimum atomic E-state index is -0.453. The predicted molar refractivity (Wildman–Crippen MR) is 96.1 cm³/mol. The zero-order chi connectivity index (χ0) is 17.6. The maximum Gasteiger partial charge on any atom is 0.407 e. The lowest BCUT2D eigenvalue weighted by atomic mass is 9.73. The molecule has 2 aliphatic rings. The van der Waals surface area contributed by atoms with Crippen molar-refractivity contribution in [3.63, 3.8) is 0 Å². The van der Waals surface area contributed by atoms with Crippen LogP contribution in [0.4, 0.5) is 4.79 Å². The van der Waals surface area contributed by atoms with Gasteiger partial charge >= 0.3 is 6.09 Å². The Balaban J connectivity index is 1.91. The molecule has 5 nitrogen and oxygen atoms in total. The number of carbonyl (C=O) groups is 1. The summed E-state index contributed by atoms with van der Waals surface area (Å²) in [6.07, 6.45) is 6.81. The van der Waals surface area contributed by atoms with E-state index >= 15 is 0 Å². The molecule has 140 valence electrons. The molecule has 1 aliphatic carbocycles. The van der Waals surface area contributed by atoms with Gasteiger partial charge in [-0.15, -0.1) is 0 Å². The number of nitrogens with one attached hydrogen (secondary N) is 2. The third kappa shape index (κ3) is 5.92. The van der Waals surface area contributed by atoms with Crippen LogP contribution >= 0.6 is 0 Å². The molecule has 0 aromatic heterocycles. The van der Waals surface area contributed by atoms with Crippen LogP contribution in [0.2, 0.25) is 0 Å². The van der Waals surface area contributed by atoms with Gasteiger partial charge in [0, 0.05) is 25.3 Å². The van der Waals surface area contributed by atoms with Gasteiger partial charge < -0.3 is 20.1 Å². The zero-order valence-electron chi connectivity index (χ0n) is 16.0. The molecule has 1 amide bonds. The second-order valence-corrected chi connectivity index (χ2v) is 8.60. The van der Waals surface area contributed by atoms with Crippen molar-refractivity contribution < 1.29 is 14.3 Å². The van der Waals surface area contributed by atoms with E-state index < -0.39 is 5.60 Å². The van der Waals surface area contributed by atoms with Crippen molar-refractivity contribution in [2.24, 2.45) is 11.8 Å². The smallest absolute Gasteiger partial charge is 0.407 e. The summed E-state index contributed by atoms with van der Waals surface area (Å²) in [6, 6.07) is 0. The summed E-state index contributed by atoms with van der Waals surface area (Å²) in [5.41, 5.74) is -0.460. The Hall–Kier alpha value is -0.810. The van der Waals surface area contributed by atoms with Gasteiger partial charge in [0.1, 0.15) is 5.60 Å². The van der Waals surface area contributed by atoms with Crippen molar-refractivity contribution in [3.8, 4) is 0 Å². The van der Waals surface area contributed by atoms with Crippen LogP contribution in [0.3, 0.4) is 0 Å². The number of amides is 1. The lowest BCUT2D eigenvalue weighted by Gasteiger charge is -2.45. The van der Waals surface area contributed by atoms with E-state index in [1.807, 2.05) is 20.8 Å². The fourth-order valence-corrected chi connectivity index (χ4v) is 3.84. The minimum absolute atomic E-state index is 0.00649. The van der Waals surface area contributed by atoms with E-state index in [1.165, 1.54) is 19.3 Å². The summed E-state index contributed by atoms with van der Waals surface area (Å²) in [5, 5.41) is 6.87. The predicted octanol–water partition coefficient (Wildman–Crippen LogP) is 3.48. The Morgan fingerprint density at radius 2 is 1.92 bits per heavy atom. The van der Waals surface area contributed by atoms with E-state index in [1.54, 1.807) is 0 Å². The van der Waals surface area contributed by atoms with Crippen LogP contribution in [0.5, 0.6) is 0 Å². The van der Waals surface area contributed by atoms with E-state index in [4.69, 9.17) is 9.47 Å². The third-order valence-electron chi connectivity index (χ3n) is 5.48. The number of alkyl carbamates (subject to hydrolysis) is 1. The Bertz CT molecular complexity index is 402. The Kier molecular flexibility index (Phi) is 6.93. The zero-order valence-corrected chi connectivity index (χ0v) is 16.0. The number of hydrogen-bond acceptors (Lipinski definition) is 4. The first-order valence-electron chi connectivity index (χ1n) is 9.60. The molecule has 0 unspecified atom stereocenters. The molecule has 0 radical (unpaired) electrons. The lowest BCUT2D eigenvalue weighted by Crippen LogP contribution is -2.60. The second-order valence-electron chi connectivity index (χ2n) is 8.60. The molecular formula is C19H36N2O3. The summed E-state index contributed by atoms with van der Waals surface area (Å²) in [7, 11) is 0. The summed E-state index contributed by atoms with van der Waals surface area (Å²) in [4.78, 5) is 12.1. The molecule has 24 heavy (non-hydrogen) atoms. The van der Waals surface area contributed by atoms with Crippen molar-refractivity contribution in [1.29, 1.82) is 0 Å². The molecular weight excluding hydrogens is 304 g/mol. The molecule has 2 fully saturated rings. The quantitative estimate of drug-likeness (QED) is 0.804. The van der Waals surface area contributed by atoms with Gasteiger partial charge in [-0.05, 0) is 64.8 Å². The number of ether oxygens (including phenoxy) is 2. The molecule has 1 heterocycles. The summed E-state index contributed by atoms with van der Waals surface area (Å²) in [5.74, 6) is 1.24. The van der Waals surface area contributed by atoms with Crippen molar-refractivity contribution >= 4 is 6.09 Å². The van der Waals surface area contributed by atoms with Crippen molar-refractivity contribution in [2.75, 3.05) is 26.3 Å². The molecule has 5 heteroatoms. The highest BCUT2D eigenvalue weighted by Gasteiger charge is 2.38. The van der Waals surface area contributed by atoms with E-state index in [0.29, 0.717) is 18.4 Å². The van der Waals surface area contributed by atoms with Crippen LogP contribution in [0.1, 0.15) is 66.2 Å². The maximum absolute atomic E-state index is 12.1. The van der Waals surface area contributed by atoms with Crippen LogP contribution in [0.25, 0.3) is 0 Å². The van der Waals surface area contributed by atoms with Gasteiger partial charge in [0.05, 0.1) is 0 Å². The molecule has 2 N–H and O–H groups in total. The van der Waals surface area contributed by atoms with Crippen LogP contribution in [0.15, 0.2) is 0 Å². The molecule has 1 saturated carbocycles. The normalized spacial score (nSPS) is 29.2. The van der Waals surface area contributed by atoms with Crippen LogP contribution in [-0.2, 0) is 9.47 Å². The van der Waals surface area contributed by atoms with Crippen LogP contribution < -0.4 is 10.6 Å². The van der Waals surface area contributed by atoms with Gasteiger partial charge in [0.25, 0.3) is 0 Å². The van der Waals surface area contributed by atoms with Gasteiger partial charge in [-0.2, -0.15) is 0 Å². The SMILES string of the molecule is C[C@@H]1CCCC[C@]1(CNC(=O)OC(C)(C)C)NCC1CCOCC1. The van der Waals surface area contributed by atoms with Gasteiger partial charge in [0.15, 0.2) is 0 Å². The van der Waals surface area contributed by atoms with E-state index in [-0.39, 0.29) is 11.6 Å². The van der Waals surface area contributed by atoms with E-state index in [0.717, 1.165) is 39.0 Å². The highest BCUT2D eigenvalue weighted by atomic mass is 16.6. The third-order valence-corrected chi connectivity index (χ3v) is 5.48. The lowest BCUT2D eigenvalue weighted by molar-refractivity contribution is 0.0449. The highest BCUT2D eigenvalue weighted by molar-refractivity contribution is 5.67. The second kappa shape index (κ2) is 8.52. The Morgan fingerprint density at radius 3 is 2.54 bits per heavy atom. The molecule has 1 saturated heterocycles. The highest BCUT2D eigenvalue weighted by Crippen LogP contribution is 2.34. The van der Waals surface area contributed by atoms with E-state index in [2.05, 4.69) is 17.6 Å². The Labute approximate surface area is 147 Å². The van der Waals surface area contributed by atoms with Crippen LogP contribution in [0, 0.1) is 11.8 Å². The first-order chi connectivity index (χ1) is 11.3. The fraction of sp³-hybridized carbons (Fsp3) is 0.947. The van der Waals surface area contributed by atoms with Gasteiger partial charge in [0.2, 0.25) is 0 Å². The molecule has 2 rings (SSSR count). The Morgan fingerprint density at radius 1 is 1.21 bits per heavy atom. The van der Waals surface area contributed by atoms with Crippen molar-refractivity contribution in [2.45, 2.75) is 77.4 Å². The van der Waals surface area contributed by atoms with Gasteiger partial charge in [-0.3, -0.25) is 0 Å². The standard InChI is InChI=1S/C19H36N2O3/c1-15-7-5-6-10-19(15,14-20-17(22)24-18(2,3)4)21-13-16-8-11-23-12-9-16/h15-16,21H,5-14H2,1-4H3,(H,20,22)/t15-,19-/m1/s1. The molecule has 1 aliphatic heterocycles. The summed E-state index contributed by atoms with van der Waals surface area (Å²) >= 11 is 0. The van der Waals surface area contributed by atoms with Crippen molar-refractivity contribution in [3.05, 3.63) is 0 Å². The molecule has 0 aromatic carbocycles. The van der Waals surface area contributed by atoms with E-state index in [9.17, 15) is 4.79 Å². The van der Waals surface area contributed by atoms with Crippen LogP contribution in [-0.4, -0.2) is 43.5 Å². The average Bonchev–Trinajstić information content (AvgIpc) is 2.53. The first-order valence-corrected chi connectivity index (χ1v) is 9.60. The fourth-order valence-electron chi connectivity index (χ4n) is 3.84.